The summed E-state index contributed by atoms with van der Waals surface area (Å²) < 4.78 is 12.4. The second-order valence-electron chi connectivity index (χ2n) is 4.90. The van der Waals surface area contributed by atoms with Crippen LogP contribution in [0.2, 0.25) is 0 Å². The predicted octanol–water partition coefficient (Wildman–Crippen LogP) is 2.77. The zero-order valence-electron chi connectivity index (χ0n) is 12.0. The van der Waals surface area contributed by atoms with Crippen molar-refractivity contribution in [1.82, 2.24) is 15.0 Å². The number of fused-ring (bicyclic) bond motifs is 1. The fourth-order valence-electron chi connectivity index (χ4n) is 2.62. The van der Waals surface area contributed by atoms with Crippen molar-refractivity contribution in [2.45, 2.75) is 32.6 Å². The predicted molar refractivity (Wildman–Crippen MR) is 75.5 cm³/mol. The molecule has 0 radical (unpaired) electrons. The van der Waals surface area contributed by atoms with Crippen LogP contribution in [0.4, 0.5) is 0 Å². The highest BCUT2D eigenvalue weighted by Gasteiger charge is 2.22. The van der Waals surface area contributed by atoms with Crippen LogP contribution in [0.3, 0.4) is 0 Å². The Morgan fingerprint density at radius 1 is 1.29 bits per heavy atom. The molecule has 21 heavy (non-hydrogen) atoms. The fourth-order valence-corrected chi connectivity index (χ4v) is 2.62. The summed E-state index contributed by atoms with van der Waals surface area (Å²) in [5.74, 6) is 1.67. The van der Waals surface area contributed by atoms with E-state index in [-0.39, 0.29) is 12.7 Å². The molecular formula is C15H16N4O2. The molecule has 0 aliphatic carbocycles. The van der Waals surface area contributed by atoms with Crippen LogP contribution in [0.15, 0.2) is 18.2 Å². The Kier molecular flexibility index (Phi) is 3.48. The number of nitriles is 1. The summed E-state index contributed by atoms with van der Waals surface area (Å²) in [7, 11) is 0. The zero-order valence-corrected chi connectivity index (χ0v) is 12.0. The van der Waals surface area contributed by atoms with Crippen molar-refractivity contribution in [3.63, 3.8) is 0 Å². The lowest BCUT2D eigenvalue weighted by Gasteiger charge is -2.14. The van der Waals surface area contributed by atoms with Crippen molar-refractivity contribution >= 4 is 0 Å². The van der Waals surface area contributed by atoms with Crippen LogP contribution >= 0.6 is 0 Å². The molecule has 0 atom stereocenters. The lowest BCUT2D eigenvalue weighted by atomic mass is 9.97. The molecule has 0 saturated carbocycles. The first-order valence-corrected chi connectivity index (χ1v) is 7.04. The van der Waals surface area contributed by atoms with Gasteiger partial charge in [0, 0.05) is 12.0 Å². The van der Waals surface area contributed by atoms with Crippen molar-refractivity contribution in [3.05, 3.63) is 29.6 Å². The molecule has 1 aromatic carbocycles. The lowest BCUT2D eigenvalue weighted by molar-refractivity contribution is 0.174. The Labute approximate surface area is 122 Å². The van der Waals surface area contributed by atoms with Crippen LogP contribution in [0.25, 0.3) is 5.69 Å². The van der Waals surface area contributed by atoms with Gasteiger partial charge in [-0.2, -0.15) is 5.26 Å². The van der Waals surface area contributed by atoms with Crippen LogP contribution in [0, 0.1) is 11.3 Å². The maximum absolute atomic E-state index is 9.26. The van der Waals surface area contributed by atoms with Crippen molar-refractivity contribution in [3.8, 4) is 23.3 Å². The van der Waals surface area contributed by atoms with Gasteiger partial charge < -0.3 is 9.47 Å². The molecule has 6 heteroatoms. The highest BCUT2D eigenvalue weighted by atomic mass is 16.7. The van der Waals surface area contributed by atoms with Gasteiger partial charge in [-0.3, -0.25) is 0 Å². The average Bonchev–Trinajstić information content (AvgIpc) is 3.14. The van der Waals surface area contributed by atoms with E-state index in [9.17, 15) is 5.26 Å². The highest BCUT2D eigenvalue weighted by molar-refractivity contribution is 5.50. The minimum Gasteiger partial charge on any atom is -0.454 e. The van der Waals surface area contributed by atoms with E-state index in [0.717, 1.165) is 30.0 Å². The smallest absolute Gasteiger partial charge is 0.231 e. The Morgan fingerprint density at radius 3 is 2.76 bits per heavy atom. The number of hydrogen-bond acceptors (Lipinski definition) is 5. The molecule has 1 aromatic heterocycles. The molecule has 2 aromatic rings. The molecule has 0 bridgehead atoms. The number of aromatic nitrogens is 3. The third-order valence-corrected chi connectivity index (χ3v) is 3.78. The van der Waals surface area contributed by atoms with Gasteiger partial charge in [0.15, 0.2) is 17.2 Å². The van der Waals surface area contributed by atoms with Gasteiger partial charge in [-0.1, -0.05) is 19.1 Å². The molecule has 1 aliphatic heterocycles. The summed E-state index contributed by atoms with van der Waals surface area (Å²) in [6.45, 7) is 4.44. The number of rotatable bonds is 4. The van der Waals surface area contributed by atoms with Crippen LogP contribution in [0.1, 0.15) is 44.0 Å². The Balaban J connectivity index is 2.10. The summed E-state index contributed by atoms with van der Waals surface area (Å²) in [6.07, 6.45) is 1.87. The summed E-state index contributed by atoms with van der Waals surface area (Å²) in [6, 6.07) is 7.75. The second-order valence-corrected chi connectivity index (χ2v) is 4.90. The molecule has 0 unspecified atom stereocenters. The largest absolute Gasteiger partial charge is 0.454 e. The number of nitrogens with zero attached hydrogens (tertiary/aromatic N) is 4. The highest BCUT2D eigenvalue weighted by Crippen LogP contribution is 2.35. The van der Waals surface area contributed by atoms with Gasteiger partial charge in [-0.15, -0.1) is 5.10 Å². The van der Waals surface area contributed by atoms with Crippen LogP contribution in [0.5, 0.6) is 11.5 Å². The topological polar surface area (TPSA) is 73.0 Å². The minimum absolute atomic E-state index is 0.235. The molecule has 6 nitrogen and oxygen atoms in total. The number of hydrogen-bond donors (Lipinski definition) is 0. The molecule has 1 aliphatic rings. The number of ether oxygens (including phenoxy) is 2. The zero-order chi connectivity index (χ0) is 14.8. The monoisotopic (exact) mass is 284 g/mol. The van der Waals surface area contributed by atoms with Crippen LogP contribution in [-0.2, 0) is 0 Å². The summed E-state index contributed by atoms with van der Waals surface area (Å²) in [5, 5.41) is 17.4. The first-order valence-electron chi connectivity index (χ1n) is 7.04. The molecule has 0 amide bonds. The van der Waals surface area contributed by atoms with Gasteiger partial charge in [-0.25, -0.2) is 4.68 Å². The second kappa shape index (κ2) is 5.44. The van der Waals surface area contributed by atoms with Crippen LogP contribution < -0.4 is 9.47 Å². The van der Waals surface area contributed by atoms with E-state index in [0.29, 0.717) is 11.4 Å². The van der Waals surface area contributed by atoms with Crippen molar-refractivity contribution in [1.29, 1.82) is 5.26 Å². The quantitative estimate of drug-likeness (QED) is 0.863. The molecule has 0 saturated heterocycles. The van der Waals surface area contributed by atoms with E-state index in [2.05, 4.69) is 30.2 Å². The molecule has 2 heterocycles. The van der Waals surface area contributed by atoms with Gasteiger partial charge in [0.05, 0.1) is 11.4 Å². The van der Waals surface area contributed by atoms with Crippen molar-refractivity contribution in [2.75, 3.05) is 6.79 Å². The minimum atomic E-state index is 0.235. The maximum atomic E-state index is 9.26. The van der Waals surface area contributed by atoms with E-state index in [4.69, 9.17) is 9.47 Å². The molecule has 0 N–H and O–H groups in total. The molecule has 108 valence electrons. The summed E-state index contributed by atoms with van der Waals surface area (Å²) >= 11 is 0. The third kappa shape index (κ3) is 2.21. The first kappa shape index (κ1) is 13.4. The Hall–Kier alpha value is -2.55. The van der Waals surface area contributed by atoms with E-state index in [1.807, 2.05) is 18.2 Å². The van der Waals surface area contributed by atoms with Gasteiger partial charge in [-0.05, 0) is 25.0 Å². The van der Waals surface area contributed by atoms with E-state index < -0.39 is 0 Å². The fraction of sp³-hybridized carbons (Fsp3) is 0.400. The normalized spacial score (nSPS) is 12.7. The lowest BCUT2D eigenvalue weighted by Crippen LogP contribution is -2.08. The molecule has 0 spiro atoms. The van der Waals surface area contributed by atoms with Gasteiger partial charge >= 0.3 is 0 Å². The Bertz CT molecular complexity index is 698. The number of benzene rings is 1. The van der Waals surface area contributed by atoms with E-state index >= 15 is 0 Å². The molecule has 3 rings (SSSR count). The van der Waals surface area contributed by atoms with Crippen LogP contribution in [-0.4, -0.2) is 21.8 Å². The molecule has 0 fully saturated rings. The van der Waals surface area contributed by atoms with Gasteiger partial charge in [0.25, 0.3) is 0 Å². The van der Waals surface area contributed by atoms with Gasteiger partial charge in [0.1, 0.15) is 6.07 Å². The maximum Gasteiger partial charge on any atom is 0.231 e. The summed E-state index contributed by atoms with van der Waals surface area (Å²) in [4.78, 5) is 0. The van der Waals surface area contributed by atoms with E-state index in [1.165, 1.54) is 0 Å². The summed E-state index contributed by atoms with van der Waals surface area (Å²) in [5.41, 5.74) is 2.08. The van der Waals surface area contributed by atoms with E-state index in [1.54, 1.807) is 4.68 Å². The third-order valence-electron chi connectivity index (χ3n) is 3.78. The first-order chi connectivity index (χ1) is 10.3. The molecular weight excluding hydrogens is 268 g/mol. The van der Waals surface area contributed by atoms with Gasteiger partial charge in [0.2, 0.25) is 6.79 Å². The Morgan fingerprint density at radius 2 is 2.05 bits per heavy atom. The SMILES string of the molecule is CCC(CC)c1c(C#N)nnn1-c1ccc2c(c1)OCO2. The van der Waals surface area contributed by atoms with Crippen molar-refractivity contribution in [2.24, 2.45) is 0 Å². The average molecular weight is 284 g/mol. The standard InChI is InChI=1S/C15H16N4O2/c1-3-10(4-2)15-12(8-16)17-18-19(15)11-5-6-13-14(7-11)21-9-20-13/h5-7,10H,3-4,9H2,1-2H3. The van der Waals surface area contributed by atoms with Crippen molar-refractivity contribution < 1.29 is 9.47 Å².